The summed E-state index contributed by atoms with van der Waals surface area (Å²) in [7, 11) is 1.53. The standard InChI is InChI=1S/C19H19BrCl2N2O3/c1-12(19(26)23-2)24(10-13-3-8-16(21)17(22)9-13)18(25)11-27-15-6-4-14(20)5-7-15/h3-9,12H,10-11H2,1-2H3,(H,23,26). The molecule has 0 aromatic heterocycles. The molecule has 2 aromatic carbocycles. The van der Waals surface area contributed by atoms with Crippen molar-refractivity contribution in [1.29, 1.82) is 0 Å². The Morgan fingerprint density at radius 2 is 1.81 bits per heavy atom. The summed E-state index contributed by atoms with van der Waals surface area (Å²) in [5.41, 5.74) is 0.761. The van der Waals surface area contributed by atoms with Crippen LogP contribution in [0.2, 0.25) is 10.0 Å². The number of nitrogens with zero attached hydrogens (tertiary/aromatic N) is 1. The Kier molecular flexibility index (Phi) is 7.95. The van der Waals surface area contributed by atoms with Crippen LogP contribution in [0.5, 0.6) is 5.75 Å². The van der Waals surface area contributed by atoms with Gasteiger partial charge in [0.25, 0.3) is 5.91 Å². The normalized spacial score (nSPS) is 11.6. The van der Waals surface area contributed by atoms with Crippen molar-refractivity contribution < 1.29 is 14.3 Å². The molecule has 1 N–H and O–H groups in total. The van der Waals surface area contributed by atoms with Gasteiger partial charge in [-0.15, -0.1) is 0 Å². The summed E-state index contributed by atoms with van der Waals surface area (Å²) < 4.78 is 6.47. The zero-order valence-electron chi connectivity index (χ0n) is 14.8. The summed E-state index contributed by atoms with van der Waals surface area (Å²) in [6.45, 7) is 1.67. The number of halogens is 3. The maximum atomic E-state index is 12.8. The van der Waals surface area contributed by atoms with Crippen LogP contribution in [0.1, 0.15) is 12.5 Å². The van der Waals surface area contributed by atoms with Crippen LogP contribution in [0.3, 0.4) is 0 Å². The fraction of sp³-hybridized carbons (Fsp3) is 0.263. The predicted molar refractivity (Wildman–Crippen MR) is 110 cm³/mol. The lowest BCUT2D eigenvalue weighted by atomic mass is 10.1. The van der Waals surface area contributed by atoms with Gasteiger partial charge in [-0.1, -0.05) is 45.2 Å². The Morgan fingerprint density at radius 3 is 2.41 bits per heavy atom. The van der Waals surface area contributed by atoms with E-state index in [1.165, 1.54) is 11.9 Å². The molecule has 0 aliphatic heterocycles. The van der Waals surface area contributed by atoms with Crippen LogP contribution in [0, 0.1) is 0 Å². The smallest absolute Gasteiger partial charge is 0.261 e. The topological polar surface area (TPSA) is 58.6 Å². The van der Waals surface area contributed by atoms with Crippen LogP contribution in [0.15, 0.2) is 46.9 Å². The van der Waals surface area contributed by atoms with E-state index in [0.29, 0.717) is 15.8 Å². The maximum Gasteiger partial charge on any atom is 0.261 e. The molecule has 0 saturated heterocycles. The lowest BCUT2D eigenvalue weighted by Crippen LogP contribution is -2.48. The van der Waals surface area contributed by atoms with Gasteiger partial charge in [0.1, 0.15) is 11.8 Å². The molecule has 8 heteroatoms. The number of ether oxygens (including phenoxy) is 1. The second kappa shape index (κ2) is 9.97. The molecule has 2 amide bonds. The number of amides is 2. The number of nitrogens with one attached hydrogen (secondary N) is 1. The van der Waals surface area contributed by atoms with Gasteiger partial charge < -0.3 is 15.0 Å². The van der Waals surface area contributed by atoms with E-state index in [9.17, 15) is 9.59 Å². The number of hydrogen-bond donors (Lipinski definition) is 1. The minimum absolute atomic E-state index is 0.190. The number of carbonyl (C=O) groups is 2. The minimum Gasteiger partial charge on any atom is -0.484 e. The van der Waals surface area contributed by atoms with Crippen LogP contribution in [-0.4, -0.2) is 36.4 Å². The molecular formula is C19H19BrCl2N2O3. The molecule has 2 rings (SSSR count). The Balaban J connectivity index is 2.14. The number of hydrogen-bond acceptors (Lipinski definition) is 3. The third-order valence-electron chi connectivity index (χ3n) is 3.93. The molecular weight excluding hydrogens is 455 g/mol. The summed E-state index contributed by atoms with van der Waals surface area (Å²) in [6, 6.07) is 11.6. The van der Waals surface area contributed by atoms with E-state index in [0.717, 1.165) is 10.0 Å². The van der Waals surface area contributed by atoms with Crippen molar-refractivity contribution in [3.05, 3.63) is 62.5 Å². The first kappa shape index (κ1) is 21.5. The third-order valence-corrected chi connectivity index (χ3v) is 5.19. The Labute approximate surface area is 176 Å². The van der Waals surface area contributed by atoms with Gasteiger partial charge in [-0.3, -0.25) is 9.59 Å². The van der Waals surface area contributed by atoms with Crippen molar-refractivity contribution in [2.45, 2.75) is 19.5 Å². The Morgan fingerprint density at radius 1 is 1.15 bits per heavy atom. The summed E-state index contributed by atoms with van der Waals surface area (Å²) in [5.74, 6) is -0.0271. The molecule has 27 heavy (non-hydrogen) atoms. The van der Waals surface area contributed by atoms with Gasteiger partial charge in [0, 0.05) is 18.1 Å². The monoisotopic (exact) mass is 472 g/mol. The zero-order valence-corrected chi connectivity index (χ0v) is 17.9. The van der Waals surface area contributed by atoms with Crippen molar-refractivity contribution in [1.82, 2.24) is 10.2 Å². The molecule has 0 bridgehead atoms. The van der Waals surface area contributed by atoms with E-state index in [4.69, 9.17) is 27.9 Å². The molecule has 0 aliphatic rings. The Hall–Kier alpha value is -1.76. The number of rotatable bonds is 7. The molecule has 144 valence electrons. The number of carbonyl (C=O) groups excluding carboxylic acids is 2. The molecule has 0 heterocycles. The van der Waals surface area contributed by atoms with Crippen LogP contribution in [-0.2, 0) is 16.1 Å². The van der Waals surface area contributed by atoms with E-state index in [1.807, 2.05) is 12.1 Å². The maximum absolute atomic E-state index is 12.8. The molecule has 5 nitrogen and oxygen atoms in total. The summed E-state index contributed by atoms with van der Waals surface area (Å²) in [6.07, 6.45) is 0. The summed E-state index contributed by atoms with van der Waals surface area (Å²) in [4.78, 5) is 26.3. The third kappa shape index (κ3) is 6.13. The molecule has 0 spiro atoms. The zero-order chi connectivity index (χ0) is 20.0. The van der Waals surface area contributed by atoms with Crippen LogP contribution in [0.25, 0.3) is 0 Å². The SMILES string of the molecule is CNC(=O)C(C)N(Cc1ccc(Cl)c(Cl)c1)C(=O)COc1ccc(Br)cc1. The van der Waals surface area contributed by atoms with Gasteiger partial charge in [-0.05, 0) is 48.9 Å². The van der Waals surface area contributed by atoms with Crippen molar-refractivity contribution >= 4 is 50.9 Å². The first-order chi connectivity index (χ1) is 12.8. The second-order valence-electron chi connectivity index (χ2n) is 5.80. The highest BCUT2D eigenvalue weighted by molar-refractivity contribution is 9.10. The molecule has 1 atom stereocenters. The lowest BCUT2D eigenvalue weighted by Gasteiger charge is -2.28. The largest absolute Gasteiger partial charge is 0.484 e. The second-order valence-corrected chi connectivity index (χ2v) is 7.53. The van der Waals surface area contributed by atoms with Gasteiger partial charge in [-0.25, -0.2) is 0 Å². The quantitative estimate of drug-likeness (QED) is 0.652. The van der Waals surface area contributed by atoms with Crippen LogP contribution in [0.4, 0.5) is 0 Å². The molecule has 2 aromatic rings. The van der Waals surface area contributed by atoms with Crippen molar-refractivity contribution in [2.75, 3.05) is 13.7 Å². The number of benzene rings is 2. The van der Waals surface area contributed by atoms with Gasteiger partial charge >= 0.3 is 0 Å². The van der Waals surface area contributed by atoms with E-state index in [1.54, 1.807) is 37.3 Å². The molecule has 0 aliphatic carbocycles. The lowest BCUT2D eigenvalue weighted by molar-refractivity contribution is -0.142. The van der Waals surface area contributed by atoms with Crippen molar-refractivity contribution in [3.8, 4) is 5.75 Å². The van der Waals surface area contributed by atoms with E-state index in [-0.39, 0.29) is 25.0 Å². The predicted octanol–water partition coefficient (Wildman–Crippen LogP) is 4.30. The van der Waals surface area contributed by atoms with Crippen molar-refractivity contribution in [2.24, 2.45) is 0 Å². The summed E-state index contributed by atoms with van der Waals surface area (Å²) in [5, 5.41) is 3.38. The fourth-order valence-corrected chi connectivity index (χ4v) is 2.97. The van der Waals surface area contributed by atoms with Crippen molar-refractivity contribution in [3.63, 3.8) is 0 Å². The molecule has 0 radical (unpaired) electrons. The van der Waals surface area contributed by atoms with Gasteiger partial charge in [0.05, 0.1) is 10.0 Å². The average molecular weight is 474 g/mol. The van der Waals surface area contributed by atoms with Gasteiger partial charge in [0.15, 0.2) is 6.61 Å². The Bertz CT molecular complexity index is 815. The molecule has 1 unspecified atom stereocenters. The fourth-order valence-electron chi connectivity index (χ4n) is 2.39. The first-order valence-corrected chi connectivity index (χ1v) is 9.70. The first-order valence-electron chi connectivity index (χ1n) is 8.15. The van der Waals surface area contributed by atoms with E-state index >= 15 is 0 Å². The van der Waals surface area contributed by atoms with Gasteiger partial charge in [-0.2, -0.15) is 0 Å². The molecule has 0 fully saturated rings. The highest BCUT2D eigenvalue weighted by Gasteiger charge is 2.26. The summed E-state index contributed by atoms with van der Waals surface area (Å²) >= 11 is 15.3. The van der Waals surface area contributed by atoms with Crippen LogP contribution < -0.4 is 10.1 Å². The van der Waals surface area contributed by atoms with Gasteiger partial charge in [0.2, 0.25) is 5.91 Å². The van der Waals surface area contributed by atoms with E-state index in [2.05, 4.69) is 21.2 Å². The molecule has 0 saturated carbocycles. The average Bonchev–Trinajstić information content (AvgIpc) is 2.67. The highest BCUT2D eigenvalue weighted by atomic mass is 79.9. The van der Waals surface area contributed by atoms with E-state index < -0.39 is 6.04 Å². The van der Waals surface area contributed by atoms with Crippen LogP contribution >= 0.6 is 39.1 Å². The number of likely N-dealkylation sites (N-methyl/N-ethyl adjacent to an activating group) is 1. The minimum atomic E-state index is -0.675. The highest BCUT2D eigenvalue weighted by Crippen LogP contribution is 2.24.